The van der Waals surface area contributed by atoms with Crippen LogP contribution in [0.4, 0.5) is 0 Å². The number of hydrogen-bond acceptors (Lipinski definition) is 2. The number of rotatable bonds is 3. The van der Waals surface area contributed by atoms with Crippen LogP contribution in [0.3, 0.4) is 0 Å². The molecule has 0 saturated heterocycles. The van der Waals surface area contributed by atoms with Gasteiger partial charge in [-0.15, -0.1) is 0 Å². The fraction of sp³-hybridized carbons (Fsp3) is 0.211. The van der Waals surface area contributed by atoms with Crippen LogP contribution in [0.2, 0.25) is 0 Å². The maximum atomic E-state index is 6.41. The third-order valence-electron chi connectivity index (χ3n) is 3.95. The minimum atomic E-state index is -0.113. The molecular formula is C19H20N2. The molecule has 3 aromatic rings. The summed E-state index contributed by atoms with van der Waals surface area (Å²) >= 11 is 0. The van der Waals surface area contributed by atoms with Gasteiger partial charge in [-0.1, -0.05) is 56.3 Å². The highest BCUT2D eigenvalue weighted by atomic mass is 14.7. The maximum Gasteiger partial charge on any atom is 0.0705 e. The SMILES string of the molecule is CC(C)c1ccc(C(N)c2ccc3cccnc3c2)cc1. The molecule has 0 radical (unpaired) electrons. The molecular weight excluding hydrogens is 256 g/mol. The first kappa shape index (κ1) is 13.8. The van der Waals surface area contributed by atoms with Crippen LogP contribution in [0.1, 0.15) is 42.5 Å². The van der Waals surface area contributed by atoms with E-state index in [1.165, 1.54) is 5.56 Å². The van der Waals surface area contributed by atoms with Crippen molar-refractivity contribution >= 4 is 10.9 Å². The summed E-state index contributed by atoms with van der Waals surface area (Å²) in [6.45, 7) is 4.40. The summed E-state index contributed by atoms with van der Waals surface area (Å²) in [4.78, 5) is 4.40. The van der Waals surface area contributed by atoms with Crippen molar-refractivity contribution < 1.29 is 0 Å². The lowest BCUT2D eigenvalue weighted by Gasteiger charge is -2.14. The molecule has 0 aliphatic heterocycles. The van der Waals surface area contributed by atoms with Gasteiger partial charge in [0.05, 0.1) is 11.6 Å². The number of fused-ring (bicyclic) bond motifs is 1. The largest absolute Gasteiger partial charge is 0.320 e. The predicted octanol–water partition coefficient (Wildman–Crippen LogP) is 4.41. The van der Waals surface area contributed by atoms with E-state index in [1.54, 1.807) is 0 Å². The average Bonchev–Trinajstić information content (AvgIpc) is 2.54. The van der Waals surface area contributed by atoms with Gasteiger partial charge < -0.3 is 5.73 Å². The van der Waals surface area contributed by atoms with E-state index in [0.29, 0.717) is 5.92 Å². The Bertz CT molecular complexity index is 745. The lowest BCUT2D eigenvalue weighted by molar-refractivity contribution is 0.848. The summed E-state index contributed by atoms with van der Waals surface area (Å²) in [5, 5.41) is 1.14. The van der Waals surface area contributed by atoms with E-state index in [2.05, 4.69) is 67.4 Å². The lowest BCUT2D eigenvalue weighted by atomic mass is 9.95. The summed E-state index contributed by atoms with van der Waals surface area (Å²) in [5.41, 5.74) is 11.0. The van der Waals surface area contributed by atoms with Crippen LogP contribution < -0.4 is 5.73 Å². The molecule has 1 aromatic heterocycles. The van der Waals surface area contributed by atoms with Crippen molar-refractivity contribution in [2.75, 3.05) is 0 Å². The van der Waals surface area contributed by atoms with Gasteiger partial charge in [0.25, 0.3) is 0 Å². The number of nitrogens with zero attached hydrogens (tertiary/aromatic N) is 1. The first-order chi connectivity index (χ1) is 10.1. The predicted molar refractivity (Wildman–Crippen MR) is 88.3 cm³/mol. The zero-order valence-electron chi connectivity index (χ0n) is 12.5. The van der Waals surface area contributed by atoms with Crippen LogP contribution >= 0.6 is 0 Å². The number of benzene rings is 2. The van der Waals surface area contributed by atoms with Crippen LogP contribution in [-0.2, 0) is 0 Å². The third-order valence-corrected chi connectivity index (χ3v) is 3.95. The first-order valence-electron chi connectivity index (χ1n) is 7.35. The van der Waals surface area contributed by atoms with E-state index in [9.17, 15) is 0 Å². The second kappa shape index (κ2) is 5.66. The standard InChI is InChI=1S/C19H20N2/c1-13(2)14-5-8-16(9-6-14)19(20)17-10-7-15-4-3-11-21-18(15)12-17/h3-13,19H,20H2,1-2H3. The topological polar surface area (TPSA) is 38.9 Å². The number of hydrogen-bond donors (Lipinski definition) is 1. The highest BCUT2D eigenvalue weighted by Gasteiger charge is 2.10. The molecule has 0 spiro atoms. The molecule has 2 heteroatoms. The summed E-state index contributed by atoms with van der Waals surface area (Å²) in [6.07, 6.45) is 1.81. The fourth-order valence-electron chi connectivity index (χ4n) is 2.56. The molecule has 0 aliphatic carbocycles. The Balaban J connectivity index is 1.93. The van der Waals surface area contributed by atoms with Gasteiger partial charge in [0.15, 0.2) is 0 Å². The van der Waals surface area contributed by atoms with E-state index in [-0.39, 0.29) is 6.04 Å². The van der Waals surface area contributed by atoms with E-state index in [0.717, 1.165) is 22.0 Å². The quantitative estimate of drug-likeness (QED) is 0.769. The molecule has 1 atom stereocenters. The Labute approximate surface area is 125 Å². The highest BCUT2D eigenvalue weighted by molar-refractivity contribution is 5.79. The minimum absolute atomic E-state index is 0.113. The molecule has 1 heterocycles. The first-order valence-corrected chi connectivity index (χ1v) is 7.35. The molecule has 3 rings (SSSR count). The van der Waals surface area contributed by atoms with E-state index in [1.807, 2.05) is 12.3 Å². The molecule has 21 heavy (non-hydrogen) atoms. The molecule has 0 bridgehead atoms. The smallest absolute Gasteiger partial charge is 0.0705 e. The maximum absolute atomic E-state index is 6.41. The fourth-order valence-corrected chi connectivity index (χ4v) is 2.56. The van der Waals surface area contributed by atoms with Crippen molar-refractivity contribution in [3.8, 4) is 0 Å². The van der Waals surface area contributed by atoms with Crippen LogP contribution in [0, 0.1) is 0 Å². The Morgan fingerprint density at radius 1 is 0.857 bits per heavy atom. The number of nitrogens with two attached hydrogens (primary N) is 1. The van der Waals surface area contributed by atoms with E-state index in [4.69, 9.17) is 5.73 Å². The van der Waals surface area contributed by atoms with Gasteiger partial charge >= 0.3 is 0 Å². The Morgan fingerprint density at radius 3 is 2.24 bits per heavy atom. The van der Waals surface area contributed by atoms with Crippen LogP contribution in [0.15, 0.2) is 60.8 Å². The molecule has 1 unspecified atom stereocenters. The van der Waals surface area contributed by atoms with Crippen LogP contribution in [0.5, 0.6) is 0 Å². The summed E-state index contributed by atoms with van der Waals surface area (Å²) < 4.78 is 0. The second-order valence-corrected chi connectivity index (χ2v) is 5.75. The highest BCUT2D eigenvalue weighted by Crippen LogP contribution is 2.24. The summed E-state index contributed by atoms with van der Waals surface area (Å²) in [5.74, 6) is 0.542. The zero-order chi connectivity index (χ0) is 14.8. The molecule has 0 aliphatic rings. The van der Waals surface area contributed by atoms with Gasteiger partial charge in [-0.2, -0.15) is 0 Å². The van der Waals surface area contributed by atoms with Crippen LogP contribution in [0.25, 0.3) is 10.9 Å². The van der Waals surface area contributed by atoms with Gasteiger partial charge in [0.2, 0.25) is 0 Å². The Kier molecular flexibility index (Phi) is 3.72. The van der Waals surface area contributed by atoms with Crippen molar-refractivity contribution in [1.29, 1.82) is 0 Å². The van der Waals surface area contributed by atoms with Crippen molar-refractivity contribution in [3.05, 3.63) is 77.5 Å². The third kappa shape index (κ3) is 2.81. The summed E-state index contributed by atoms with van der Waals surface area (Å²) in [7, 11) is 0. The molecule has 0 saturated carbocycles. The lowest BCUT2D eigenvalue weighted by Crippen LogP contribution is -2.11. The normalized spacial score (nSPS) is 12.8. The molecule has 106 valence electrons. The van der Waals surface area contributed by atoms with Crippen LogP contribution in [-0.4, -0.2) is 4.98 Å². The monoisotopic (exact) mass is 276 g/mol. The van der Waals surface area contributed by atoms with Crippen molar-refractivity contribution in [3.63, 3.8) is 0 Å². The zero-order valence-corrected chi connectivity index (χ0v) is 12.5. The molecule has 2 nitrogen and oxygen atoms in total. The van der Waals surface area contributed by atoms with Crippen molar-refractivity contribution in [2.24, 2.45) is 5.73 Å². The molecule has 0 fully saturated rings. The van der Waals surface area contributed by atoms with Gasteiger partial charge in [-0.25, -0.2) is 0 Å². The van der Waals surface area contributed by atoms with E-state index < -0.39 is 0 Å². The van der Waals surface area contributed by atoms with Crippen molar-refractivity contribution in [2.45, 2.75) is 25.8 Å². The van der Waals surface area contributed by atoms with E-state index >= 15 is 0 Å². The van der Waals surface area contributed by atoms with Crippen molar-refractivity contribution in [1.82, 2.24) is 4.98 Å². The number of pyridine rings is 1. The molecule has 2 N–H and O–H groups in total. The van der Waals surface area contributed by atoms with Gasteiger partial charge in [-0.3, -0.25) is 4.98 Å². The Morgan fingerprint density at radius 2 is 1.52 bits per heavy atom. The summed E-state index contributed by atoms with van der Waals surface area (Å²) in [6, 6.07) is 18.7. The van der Waals surface area contributed by atoms with Gasteiger partial charge in [0, 0.05) is 11.6 Å². The van der Waals surface area contributed by atoms with Gasteiger partial charge in [-0.05, 0) is 34.7 Å². The Hall–Kier alpha value is -2.19. The molecule has 0 amide bonds. The minimum Gasteiger partial charge on any atom is -0.320 e. The second-order valence-electron chi connectivity index (χ2n) is 5.75. The molecule has 2 aromatic carbocycles. The van der Waals surface area contributed by atoms with Gasteiger partial charge in [0.1, 0.15) is 0 Å². The number of aromatic nitrogens is 1. The average molecular weight is 276 g/mol.